The Morgan fingerprint density at radius 1 is 0.971 bits per heavy atom. The van der Waals surface area contributed by atoms with Crippen LogP contribution >= 0.6 is 0 Å². The number of sulfonamides is 1. The number of fused-ring (bicyclic) bond motifs is 1. The number of aryl methyl sites for hydroxylation is 1. The van der Waals surface area contributed by atoms with Crippen LogP contribution < -0.4 is 10.2 Å². The number of carbonyl (C=O) groups is 1. The largest absolute Gasteiger partial charge is 0.356 e. The van der Waals surface area contributed by atoms with E-state index in [1.807, 2.05) is 43.3 Å². The maximum atomic E-state index is 13.1. The summed E-state index contributed by atoms with van der Waals surface area (Å²) in [5.74, 6) is 0.743. The van der Waals surface area contributed by atoms with Gasteiger partial charge in [-0.05, 0) is 74.6 Å². The van der Waals surface area contributed by atoms with Crippen molar-refractivity contribution >= 4 is 38.3 Å². The fourth-order valence-electron chi connectivity index (χ4n) is 5.03. The predicted molar refractivity (Wildman–Crippen MR) is 139 cm³/mol. The van der Waals surface area contributed by atoms with Crippen molar-refractivity contribution in [3.05, 3.63) is 60.2 Å². The Hall–Kier alpha value is -2.97. The smallest absolute Gasteiger partial charge is 0.243 e. The number of nitrogens with one attached hydrogen (secondary N) is 1. The molecule has 0 bridgehead atoms. The van der Waals surface area contributed by atoms with Crippen LogP contribution in [0.15, 0.2) is 59.5 Å². The molecule has 5 rings (SSSR count). The second-order valence-corrected chi connectivity index (χ2v) is 11.5. The van der Waals surface area contributed by atoms with E-state index in [4.69, 9.17) is 4.98 Å². The van der Waals surface area contributed by atoms with Crippen molar-refractivity contribution in [2.24, 2.45) is 5.92 Å². The first-order chi connectivity index (χ1) is 16.9. The number of benzene rings is 2. The van der Waals surface area contributed by atoms with Crippen molar-refractivity contribution in [2.75, 3.05) is 36.4 Å². The Labute approximate surface area is 207 Å². The van der Waals surface area contributed by atoms with E-state index in [0.717, 1.165) is 66.6 Å². The van der Waals surface area contributed by atoms with Gasteiger partial charge >= 0.3 is 0 Å². The van der Waals surface area contributed by atoms with Gasteiger partial charge < -0.3 is 10.2 Å². The number of amides is 1. The number of hydrogen-bond donors (Lipinski definition) is 1. The van der Waals surface area contributed by atoms with Crippen LogP contribution in [0.4, 0.5) is 11.5 Å². The lowest BCUT2D eigenvalue weighted by atomic mass is 9.96. The van der Waals surface area contributed by atoms with Gasteiger partial charge in [-0.2, -0.15) is 4.31 Å². The predicted octanol–water partition coefficient (Wildman–Crippen LogP) is 4.57. The Balaban J connectivity index is 1.32. The maximum absolute atomic E-state index is 13.1. The minimum atomic E-state index is -3.48. The molecule has 2 aliphatic rings. The number of hydrogen-bond acceptors (Lipinski definition) is 5. The average molecular weight is 493 g/mol. The van der Waals surface area contributed by atoms with Crippen LogP contribution in [0.3, 0.4) is 0 Å². The first kappa shape index (κ1) is 23.8. The molecule has 184 valence electrons. The zero-order valence-electron chi connectivity index (χ0n) is 20.1. The summed E-state index contributed by atoms with van der Waals surface area (Å²) in [6.45, 7) is 4.62. The quantitative estimate of drug-likeness (QED) is 0.564. The van der Waals surface area contributed by atoms with E-state index in [1.165, 1.54) is 0 Å². The highest BCUT2D eigenvalue weighted by Crippen LogP contribution is 2.28. The lowest BCUT2D eigenvalue weighted by Crippen LogP contribution is -2.41. The minimum Gasteiger partial charge on any atom is -0.356 e. The summed E-state index contributed by atoms with van der Waals surface area (Å²) in [4.78, 5) is 20.2. The number of para-hydroxylation sites is 1. The van der Waals surface area contributed by atoms with E-state index < -0.39 is 10.0 Å². The van der Waals surface area contributed by atoms with Gasteiger partial charge in [0.15, 0.2) is 0 Å². The maximum Gasteiger partial charge on any atom is 0.243 e. The van der Waals surface area contributed by atoms with Gasteiger partial charge in [-0.3, -0.25) is 4.79 Å². The number of anilines is 2. The Kier molecular flexibility index (Phi) is 6.75. The van der Waals surface area contributed by atoms with Crippen LogP contribution in [0, 0.1) is 12.8 Å². The van der Waals surface area contributed by atoms with Crippen LogP contribution in [0.5, 0.6) is 0 Å². The summed E-state index contributed by atoms with van der Waals surface area (Å²) in [5.41, 5.74) is 2.66. The van der Waals surface area contributed by atoms with Crippen LogP contribution in [-0.4, -0.2) is 49.8 Å². The lowest BCUT2D eigenvalue weighted by molar-refractivity contribution is -0.120. The van der Waals surface area contributed by atoms with Crippen molar-refractivity contribution in [1.82, 2.24) is 9.29 Å². The molecule has 1 amide bonds. The molecule has 35 heavy (non-hydrogen) atoms. The molecule has 1 aromatic heterocycles. The van der Waals surface area contributed by atoms with Gasteiger partial charge in [0, 0.05) is 37.3 Å². The van der Waals surface area contributed by atoms with Crippen molar-refractivity contribution < 1.29 is 13.2 Å². The molecular weight excluding hydrogens is 460 g/mol. The minimum absolute atomic E-state index is 0.0392. The normalized spacial score (nSPS) is 19.6. The van der Waals surface area contributed by atoms with Gasteiger partial charge in [-0.1, -0.05) is 24.6 Å². The molecule has 2 aromatic carbocycles. The number of piperidine rings is 2. The first-order valence-electron chi connectivity index (χ1n) is 12.4. The third kappa shape index (κ3) is 5.04. The molecule has 8 heteroatoms. The topological polar surface area (TPSA) is 82.6 Å². The van der Waals surface area contributed by atoms with Gasteiger partial charge in [0.25, 0.3) is 0 Å². The molecule has 3 heterocycles. The van der Waals surface area contributed by atoms with Crippen LogP contribution in [0.2, 0.25) is 0 Å². The second-order valence-electron chi connectivity index (χ2n) is 9.58. The number of carbonyl (C=O) groups excluding carboxylic acids is 1. The summed E-state index contributed by atoms with van der Waals surface area (Å²) >= 11 is 0. The van der Waals surface area contributed by atoms with E-state index in [0.29, 0.717) is 24.5 Å². The lowest BCUT2D eigenvalue weighted by Gasteiger charge is -2.33. The molecule has 1 atom stereocenters. The molecule has 0 unspecified atom stereocenters. The Bertz CT molecular complexity index is 1340. The first-order valence-corrected chi connectivity index (χ1v) is 13.9. The van der Waals surface area contributed by atoms with Crippen molar-refractivity contribution in [3.8, 4) is 0 Å². The van der Waals surface area contributed by atoms with Gasteiger partial charge in [0.05, 0.1) is 16.3 Å². The van der Waals surface area contributed by atoms with Crippen LogP contribution in [0.1, 0.15) is 37.7 Å². The molecule has 0 spiro atoms. The van der Waals surface area contributed by atoms with Crippen LogP contribution in [-0.2, 0) is 14.8 Å². The number of rotatable bonds is 5. The third-order valence-electron chi connectivity index (χ3n) is 7.12. The zero-order valence-corrected chi connectivity index (χ0v) is 20.9. The van der Waals surface area contributed by atoms with Gasteiger partial charge in [-0.25, -0.2) is 13.4 Å². The van der Waals surface area contributed by atoms with E-state index >= 15 is 0 Å². The molecule has 0 radical (unpaired) electrons. The third-order valence-corrected chi connectivity index (χ3v) is 9.01. The van der Waals surface area contributed by atoms with E-state index in [2.05, 4.69) is 10.2 Å². The molecule has 0 saturated carbocycles. The van der Waals surface area contributed by atoms with Gasteiger partial charge in [0.2, 0.25) is 15.9 Å². The fraction of sp³-hybridized carbons (Fsp3) is 0.407. The van der Waals surface area contributed by atoms with Crippen molar-refractivity contribution in [2.45, 2.75) is 43.9 Å². The number of aromatic nitrogens is 1. The van der Waals surface area contributed by atoms with E-state index in [1.54, 1.807) is 22.5 Å². The average Bonchev–Trinajstić information content (AvgIpc) is 2.90. The van der Waals surface area contributed by atoms with Crippen molar-refractivity contribution in [3.63, 3.8) is 0 Å². The van der Waals surface area contributed by atoms with Crippen LogP contribution in [0.25, 0.3) is 10.9 Å². The second kappa shape index (κ2) is 9.95. The van der Waals surface area contributed by atoms with Gasteiger partial charge in [-0.15, -0.1) is 0 Å². The summed E-state index contributed by atoms with van der Waals surface area (Å²) in [7, 11) is -3.48. The standard InChI is InChI=1S/C27H32N4O3S/c1-20-8-3-4-10-24(20)29-27(32)22-9-7-15-30(19-22)26-14-11-21-18-23(12-13-25(21)28-26)35(33,34)31-16-5-2-6-17-31/h3-4,8,10-14,18,22H,2,5-7,9,15-17,19H2,1H3,(H,29,32)/t22-/m1/s1. The molecule has 7 nitrogen and oxygen atoms in total. The van der Waals surface area contributed by atoms with Crippen molar-refractivity contribution in [1.29, 1.82) is 0 Å². The highest BCUT2D eigenvalue weighted by molar-refractivity contribution is 7.89. The molecule has 0 aliphatic carbocycles. The molecule has 2 saturated heterocycles. The summed E-state index contributed by atoms with van der Waals surface area (Å²) in [6.07, 6.45) is 4.68. The highest BCUT2D eigenvalue weighted by Gasteiger charge is 2.28. The highest BCUT2D eigenvalue weighted by atomic mass is 32.2. The van der Waals surface area contributed by atoms with Gasteiger partial charge in [0.1, 0.15) is 5.82 Å². The molecule has 3 aromatic rings. The molecular formula is C27H32N4O3S. The SMILES string of the molecule is Cc1ccccc1NC(=O)[C@@H]1CCCN(c2ccc3cc(S(=O)(=O)N4CCCCC4)ccc3n2)C1. The summed E-state index contributed by atoms with van der Waals surface area (Å²) < 4.78 is 27.7. The Morgan fingerprint density at radius 2 is 1.77 bits per heavy atom. The summed E-state index contributed by atoms with van der Waals surface area (Å²) in [5, 5.41) is 3.89. The monoisotopic (exact) mass is 492 g/mol. The molecule has 2 fully saturated rings. The van der Waals surface area contributed by atoms with E-state index in [9.17, 15) is 13.2 Å². The zero-order chi connectivity index (χ0) is 24.4. The summed E-state index contributed by atoms with van der Waals surface area (Å²) in [6, 6.07) is 16.9. The number of pyridine rings is 1. The fourth-order valence-corrected chi connectivity index (χ4v) is 6.58. The van der Waals surface area contributed by atoms with E-state index in [-0.39, 0.29) is 11.8 Å². The number of nitrogens with zero attached hydrogens (tertiary/aromatic N) is 3. The molecule has 1 N–H and O–H groups in total. The Morgan fingerprint density at radius 3 is 2.57 bits per heavy atom. The molecule has 2 aliphatic heterocycles.